The highest BCUT2D eigenvalue weighted by molar-refractivity contribution is 5.69. The average molecular weight is 327 g/mol. The monoisotopic (exact) mass is 327 g/mol. The number of amides is 1. The van der Waals surface area contributed by atoms with Gasteiger partial charge < -0.3 is 9.64 Å². The lowest BCUT2D eigenvalue weighted by atomic mass is 9.96. The van der Waals surface area contributed by atoms with Gasteiger partial charge in [0.1, 0.15) is 11.8 Å². The summed E-state index contributed by atoms with van der Waals surface area (Å²) in [4.78, 5) is 18.4. The van der Waals surface area contributed by atoms with Crippen LogP contribution in [0.4, 0.5) is 9.18 Å². The molecule has 3 saturated heterocycles. The minimum Gasteiger partial charge on any atom is -0.444 e. The van der Waals surface area contributed by atoms with E-state index in [2.05, 4.69) is 9.80 Å². The van der Waals surface area contributed by atoms with E-state index in [9.17, 15) is 9.18 Å². The van der Waals surface area contributed by atoms with Gasteiger partial charge in [-0.15, -0.1) is 0 Å². The first kappa shape index (κ1) is 17.0. The highest BCUT2D eigenvalue weighted by atomic mass is 19.1. The Hall–Kier alpha value is -0.880. The third-order valence-corrected chi connectivity index (χ3v) is 4.97. The quantitative estimate of drug-likeness (QED) is 0.794. The van der Waals surface area contributed by atoms with Gasteiger partial charge in [-0.25, -0.2) is 9.18 Å². The molecule has 5 nitrogen and oxygen atoms in total. The molecule has 0 unspecified atom stereocenters. The molecule has 132 valence electrons. The van der Waals surface area contributed by atoms with Gasteiger partial charge in [0, 0.05) is 51.2 Å². The highest BCUT2D eigenvalue weighted by Crippen LogP contribution is 2.25. The van der Waals surface area contributed by atoms with Crippen LogP contribution in [0, 0.1) is 5.92 Å². The van der Waals surface area contributed by atoms with Gasteiger partial charge >= 0.3 is 6.09 Å². The van der Waals surface area contributed by atoms with Crippen LogP contribution in [0.1, 0.15) is 33.6 Å². The van der Waals surface area contributed by atoms with Crippen molar-refractivity contribution in [1.82, 2.24) is 14.7 Å². The molecular weight excluding hydrogens is 297 g/mol. The Labute approximate surface area is 138 Å². The number of carbonyl (C=O) groups is 1. The molecule has 0 aromatic carbocycles. The maximum absolute atomic E-state index is 13.5. The van der Waals surface area contributed by atoms with Crippen molar-refractivity contribution in [2.75, 3.05) is 45.8 Å². The van der Waals surface area contributed by atoms with E-state index in [0.29, 0.717) is 18.5 Å². The number of hydrogen-bond donors (Lipinski definition) is 0. The molecule has 1 amide bonds. The number of halogens is 1. The number of likely N-dealkylation sites (tertiary alicyclic amines) is 3. The summed E-state index contributed by atoms with van der Waals surface area (Å²) in [6.45, 7) is 12.1. The fraction of sp³-hybridized carbons (Fsp3) is 0.941. The summed E-state index contributed by atoms with van der Waals surface area (Å²) in [5.41, 5.74) is -0.421. The van der Waals surface area contributed by atoms with Gasteiger partial charge in [-0.1, -0.05) is 0 Å². The maximum Gasteiger partial charge on any atom is 0.410 e. The van der Waals surface area contributed by atoms with E-state index < -0.39 is 11.8 Å². The van der Waals surface area contributed by atoms with E-state index in [4.69, 9.17) is 4.74 Å². The maximum atomic E-state index is 13.5. The molecule has 23 heavy (non-hydrogen) atoms. The summed E-state index contributed by atoms with van der Waals surface area (Å²) in [6, 6.07) is 0.538. The van der Waals surface area contributed by atoms with Gasteiger partial charge in [-0.05, 0) is 40.2 Å². The molecular formula is C17H30FN3O2. The largest absolute Gasteiger partial charge is 0.444 e. The summed E-state index contributed by atoms with van der Waals surface area (Å²) in [6.07, 6.45) is 0.894. The topological polar surface area (TPSA) is 36.0 Å². The minimum absolute atomic E-state index is 0.197. The molecule has 3 fully saturated rings. The third kappa shape index (κ3) is 4.35. The van der Waals surface area contributed by atoms with Gasteiger partial charge in [0.2, 0.25) is 0 Å². The number of carbonyl (C=O) groups excluding carboxylic acids is 1. The molecule has 0 spiro atoms. The van der Waals surface area contributed by atoms with Crippen molar-refractivity contribution in [3.05, 3.63) is 0 Å². The summed E-state index contributed by atoms with van der Waals surface area (Å²) in [5.74, 6) is 0.554. The van der Waals surface area contributed by atoms with E-state index in [1.165, 1.54) is 0 Å². The number of alkyl halides is 1. The second-order valence-corrected chi connectivity index (χ2v) is 8.36. The summed E-state index contributed by atoms with van der Waals surface area (Å²) >= 11 is 0. The molecule has 1 atom stereocenters. The van der Waals surface area contributed by atoms with Crippen LogP contribution in [-0.2, 0) is 4.74 Å². The summed E-state index contributed by atoms with van der Waals surface area (Å²) < 4.78 is 18.8. The van der Waals surface area contributed by atoms with Gasteiger partial charge in [-0.2, -0.15) is 0 Å². The van der Waals surface area contributed by atoms with Crippen molar-refractivity contribution < 1.29 is 13.9 Å². The standard InChI is InChI=1S/C17H30FN3O2/c1-17(2,3)23-16(22)21-8-13(9-21)7-19-11-15(12-19)20-6-4-5-14(18)10-20/h13-15H,4-12H2,1-3H3/t14-/m1/s1. The predicted octanol–water partition coefficient (Wildman–Crippen LogP) is 1.97. The third-order valence-electron chi connectivity index (χ3n) is 4.97. The smallest absolute Gasteiger partial charge is 0.410 e. The fourth-order valence-electron chi connectivity index (χ4n) is 3.73. The van der Waals surface area contributed by atoms with Crippen LogP contribution in [0.5, 0.6) is 0 Å². The molecule has 3 rings (SSSR count). The second kappa shape index (κ2) is 6.55. The molecule has 3 aliphatic rings. The molecule has 0 N–H and O–H groups in total. The first-order valence-electron chi connectivity index (χ1n) is 8.88. The van der Waals surface area contributed by atoms with Crippen molar-refractivity contribution in [1.29, 1.82) is 0 Å². The van der Waals surface area contributed by atoms with Gasteiger partial charge in [-0.3, -0.25) is 9.80 Å². The Morgan fingerprint density at radius 1 is 1.17 bits per heavy atom. The Kier molecular flexibility index (Phi) is 4.83. The minimum atomic E-state index is -0.633. The normalized spacial score (nSPS) is 28.3. The molecule has 0 aromatic heterocycles. The Morgan fingerprint density at radius 3 is 2.48 bits per heavy atom. The van der Waals surface area contributed by atoms with Crippen molar-refractivity contribution in [2.45, 2.75) is 51.4 Å². The zero-order valence-corrected chi connectivity index (χ0v) is 14.6. The van der Waals surface area contributed by atoms with Crippen molar-refractivity contribution in [3.8, 4) is 0 Å². The number of piperidine rings is 1. The number of hydrogen-bond acceptors (Lipinski definition) is 4. The molecule has 0 bridgehead atoms. The molecule has 0 saturated carbocycles. The van der Waals surface area contributed by atoms with Gasteiger partial charge in [0.05, 0.1) is 0 Å². The number of ether oxygens (including phenoxy) is 1. The van der Waals surface area contributed by atoms with Crippen LogP contribution in [0.15, 0.2) is 0 Å². The SMILES string of the molecule is CC(C)(C)OC(=O)N1CC(CN2CC(N3CCC[C@@H](F)C3)C2)C1. The molecule has 0 radical (unpaired) electrons. The van der Waals surface area contributed by atoms with Crippen LogP contribution in [0.3, 0.4) is 0 Å². The number of rotatable bonds is 3. The lowest BCUT2D eigenvalue weighted by molar-refractivity contribution is -0.0317. The average Bonchev–Trinajstić information content (AvgIpc) is 2.32. The Balaban J connectivity index is 1.31. The Morgan fingerprint density at radius 2 is 1.87 bits per heavy atom. The zero-order valence-electron chi connectivity index (χ0n) is 14.6. The highest BCUT2D eigenvalue weighted by Gasteiger charge is 2.39. The van der Waals surface area contributed by atoms with E-state index in [0.717, 1.165) is 52.1 Å². The molecule has 6 heteroatoms. The number of nitrogens with zero attached hydrogens (tertiary/aromatic N) is 3. The van der Waals surface area contributed by atoms with Crippen LogP contribution in [0.2, 0.25) is 0 Å². The second-order valence-electron chi connectivity index (χ2n) is 8.36. The van der Waals surface area contributed by atoms with E-state index in [-0.39, 0.29) is 6.09 Å². The first-order valence-corrected chi connectivity index (χ1v) is 8.88. The summed E-state index contributed by atoms with van der Waals surface area (Å²) in [5, 5.41) is 0. The van der Waals surface area contributed by atoms with E-state index >= 15 is 0 Å². The van der Waals surface area contributed by atoms with Crippen LogP contribution < -0.4 is 0 Å². The van der Waals surface area contributed by atoms with E-state index in [1.807, 2.05) is 20.8 Å². The van der Waals surface area contributed by atoms with Crippen LogP contribution >= 0.6 is 0 Å². The fourth-order valence-corrected chi connectivity index (χ4v) is 3.73. The lowest BCUT2D eigenvalue weighted by Crippen LogP contribution is -2.64. The van der Waals surface area contributed by atoms with Crippen LogP contribution in [-0.4, -0.2) is 84.4 Å². The molecule has 3 heterocycles. The van der Waals surface area contributed by atoms with Crippen molar-refractivity contribution >= 4 is 6.09 Å². The van der Waals surface area contributed by atoms with Gasteiger partial charge in [0.25, 0.3) is 0 Å². The van der Waals surface area contributed by atoms with Crippen LogP contribution in [0.25, 0.3) is 0 Å². The molecule has 0 aliphatic carbocycles. The Bertz CT molecular complexity index is 428. The van der Waals surface area contributed by atoms with Gasteiger partial charge in [0.15, 0.2) is 0 Å². The zero-order chi connectivity index (χ0) is 16.6. The molecule has 0 aromatic rings. The summed E-state index contributed by atoms with van der Waals surface area (Å²) in [7, 11) is 0. The van der Waals surface area contributed by atoms with E-state index in [1.54, 1.807) is 4.90 Å². The van der Waals surface area contributed by atoms with Crippen molar-refractivity contribution in [3.63, 3.8) is 0 Å². The lowest BCUT2D eigenvalue weighted by Gasteiger charge is -2.50. The predicted molar refractivity (Wildman–Crippen MR) is 87.2 cm³/mol. The first-order chi connectivity index (χ1) is 10.8. The van der Waals surface area contributed by atoms with Crippen molar-refractivity contribution in [2.24, 2.45) is 5.92 Å². The molecule has 3 aliphatic heterocycles.